The number of rotatable bonds is 5. The monoisotopic (exact) mass is 327 g/mol. The summed E-state index contributed by atoms with van der Waals surface area (Å²) in [6, 6.07) is 6.61. The van der Waals surface area contributed by atoms with Crippen molar-refractivity contribution in [2.45, 2.75) is 44.8 Å². The maximum absolute atomic E-state index is 9.61. The van der Waals surface area contributed by atoms with Crippen LogP contribution in [0.2, 0.25) is 0 Å². The Morgan fingerprint density at radius 3 is 2.89 bits per heavy atom. The summed E-state index contributed by atoms with van der Waals surface area (Å²) >= 11 is 3.62. The molecular formula is C15H22BrNO2. The van der Waals surface area contributed by atoms with Crippen LogP contribution in [0.3, 0.4) is 0 Å². The highest BCUT2D eigenvalue weighted by atomic mass is 79.9. The van der Waals surface area contributed by atoms with Gasteiger partial charge in [-0.05, 0) is 66.2 Å². The number of hydrogen-bond donors (Lipinski definition) is 2. The van der Waals surface area contributed by atoms with Crippen LogP contribution < -0.4 is 4.90 Å². The quantitative estimate of drug-likeness (QED) is 0.872. The molecule has 4 heteroatoms. The molecule has 1 aromatic carbocycles. The average molecular weight is 328 g/mol. The van der Waals surface area contributed by atoms with Gasteiger partial charge in [-0.1, -0.05) is 6.07 Å². The normalized spacial score (nSPS) is 20.8. The Morgan fingerprint density at radius 2 is 2.26 bits per heavy atom. The number of halogens is 1. The first-order valence-electron chi connectivity index (χ1n) is 6.98. The van der Waals surface area contributed by atoms with Crippen LogP contribution in [0.25, 0.3) is 0 Å². The van der Waals surface area contributed by atoms with Gasteiger partial charge in [0.15, 0.2) is 0 Å². The van der Waals surface area contributed by atoms with Crippen LogP contribution in [0, 0.1) is 0 Å². The van der Waals surface area contributed by atoms with E-state index >= 15 is 0 Å². The van der Waals surface area contributed by atoms with Crippen LogP contribution in [-0.2, 0) is 0 Å². The van der Waals surface area contributed by atoms with Crippen LogP contribution in [0.4, 0.5) is 5.69 Å². The molecule has 106 valence electrons. The van der Waals surface area contributed by atoms with Crippen molar-refractivity contribution in [2.24, 2.45) is 0 Å². The second-order valence-corrected chi connectivity index (χ2v) is 6.10. The zero-order valence-corrected chi connectivity index (χ0v) is 12.9. The summed E-state index contributed by atoms with van der Waals surface area (Å²) in [5.41, 5.74) is 2.13. The van der Waals surface area contributed by atoms with Gasteiger partial charge in [-0.25, -0.2) is 0 Å². The van der Waals surface area contributed by atoms with Crippen molar-refractivity contribution >= 4 is 21.6 Å². The molecule has 1 saturated heterocycles. The smallest absolute Gasteiger partial charge is 0.0762 e. The Labute approximate surface area is 123 Å². The van der Waals surface area contributed by atoms with Crippen LogP contribution in [0.15, 0.2) is 22.7 Å². The first kappa shape index (κ1) is 14.8. The zero-order valence-electron chi connectivity index (χ0n) is 11.3. The lowest BCUT2D eigenvalue weighted by Crippen LogP contribution is -2.29. The summed E-state index contributed by atoms with van der Waals surface area (Å²) in [6.45, 7) is 3.12. The van der Waals surface area contributed by atoms with Crippen molar-refractivity contribution in [3.8, 4) is 0 Å². The molecule has 1 unspecified atom stereocenters. The summed E-state index contributed by atoms with van der Waals surface area (Å²) in [7, 11) is 0. The Hall–Kier alpha value is -0.580. The lowest BCUT2D eigenvalue weighted by molar-refractivity contribution is 0.199. The highest BCUT2D eigenvalue weighted by Gasteiger charge is 2.25. The maximum Gasteiger partial charge on any atom is 0.0762 e. The number of anilines is 1. The lowest BCUT2D eigenvalue weighted by atomic mass is 10.1. The third-order valence-electron chi connectivity index (χ3n) is 3.84. The van der Waals surface area contributed by atoms with Crippen molar-refractivity contribution in [1.29, 1.82) is 0 Å². The van der Waals surface area contributed by atoms with Crippen molar-refractivity contribution in [3.63, 3.8) is 0 Å². The summed E-state index contributed by atoms with van der Waals surface area (Å²) in [5.74, 6) is 0. The van der Waals surface area contributed by atoms with Crippen molar-refractivity contribution in [2.75, 3.05) is 18.1 Å². The van der Waals surface area contributed by atoms with E-state index in [0.29, 0.717) is 6.04 Å². The minimum atomic E-state index is -0.436. The molecule has 1 heterocycles. The predicted octanol–water partition coefficient (Wildman–Crippen LogP) is 3.24. The predicted molar refractivity (Wildman–Crippen MR) is 81.5 cm³/mol. The number of aliphatic hydroxyl groups excluding tert-OH is 2. The van der Waals surface area contributed by atoms with Gasteiger partial charge in [0.1, 0.15) is 0 Å². The molecule has 0 aromatic heterocycles. The molecule has 1 aliphatic rings. The highest BCUT2D eigenvalue weighted by Crippen LogP contribution is 2.35. The fourth-order valence-electron chi connectivity index (χ4n) is 2.80. The lowest BCUT2D eigenvalue weighted by Gasteiger charge is -2.28. The van der Waals surface area contributed by atoms with Gasteiger partial charge < -0.3 is 15.1 Å². The summed E-state index contributed by atoms with van der Waals surface area (Å²) < 4.78 is 1.04. The van der Waals surface area contributed by atoms with Gasteiger partial charge in [0.25, 0.3) is 0 Å². The SMILES string of the molecule is C[C@@H](O)c1ccc(N2CCCC2CCCO)c(Br)c1. The minimum absolute atomic E-state index is 0.270. The van der Waals surface area contributed by atoms with Gasteiger partial charge in [0.05, 0.1) is 11.8 Å². The zero-order chi connectivity index (χ0) is 13.8. The Morgan fingerprint density at radius 1 is 1.47 bits per heavy atom. The molecule has 2 N–H and O–H groups in total. The van der Waals surface area contributed by atoms with Crippen LogP contribution in [0.5, 0.6) is 0 Å². The van der Waals surface area contributed by atoms with Crippen molar-refractivity contribution < 1.29 is 10.2 Å². The molecule has 2 rings (SSSR count). The van der Waals surface area contributed by atoms with Crippen LogP contribution in [0.1, 0.15) is 44.3 Å². The summed E-state index contributed by atoms with van der Waals surface area (Å²) in [6.07, 6.45) is 3.88. The van der Waals surface area contributed by atoms with Crippen LogP contribution in [-0.4, -0.2) is 29.4 Å². The number of aliphatic hydroxyl groups is 2. The third kappa shape index (κ3) is 3.50. The standard InChI is InChI=1S/C15H22BrNO2/c1-11(19)12-6-7-15(14(16)10-12)17-8-2-4-13(17)5-3-9-18/h6-7,10-11,13,18-19H,2-5,8-9H2,1H3/t11-,13?/m1/s1. The third-order valence-corrected chi connectivity index (χ3v) is 4.47. The van der Waals surface area contributed by atoms with Gasteiger partial charge in [-0.2, -0.15) is 0 Å². The first-order chi connectivity index (χ1) is 9.13. The van der Waals surface area contributed by atoms with Crippen LogP contribution >= 0.6 is 15.9 Å². The molecule has 2 atom stereocenters. The number of nitrogens with zero attached hydrogens (tertiary/aromatic N) is 1. The highest BCUT2D eigenvalue weighted by molar-refractivity contribution is 9.10. The van der Waals surface area contributed by atoms with E-state index in [1.807, 2.05) is 12.1 Å². The minimum Gasteiger partial charge on any atom is -0.396 e. The summed E-state index contributed by atoms with van der Waals surface area (Å²) in [4.78, 5) is 2.42. The van der Waals surface area contributed by atoms with Crippen molar-refractivity contribution in [3.05, 3.63) is 28.2 Å². The van der Waals surface area contributed by atoms with E-state index in [9.17, 15) is 5.11 Å². The average Bonchev–Trinajstić information content (AvgIpc) is 2.84. The van der Waals surface area contributed by atoms with E-state index in [0.717, 1.165) is 29.4 Å². The van der Waals surface area contributed by atoms with Gasteiger partial charge in [0, 0.05) is 23.7 Å². The van der Waals surface area contributed by atoms with Gasteiger partial charge >= 0.3 is 0 Å². The topological polar surface area (TPSA) is 43.7 Å². The molecule has 0 aliphatic carbocycles. The van der Waals surface area contributed by atoms with E-state index in [1.54, 1.807) is 6.92 Å². The largest absolute Gasteiger partial charge is 0.396 e. The molecule has 0 spiro atoms. The summed E-state index contributed by atoms with van der Waals surface area (Å²) in [5, 5.41) is 18.6. The van der Waals surface area contributed by atoms with E-state index in [2.05, 4.69) is 26.9 Å². The van der Waals surface area contributed by atoms with Gasteiger partial charge in [0.2, 0.25) is 0 Å². The fourth-order valence-corrected chi connectivity index (χ4v) is 3.42. The first-order valence-corrected chi connectivity index (χ1v) is 7.77. The van der Waals surface area contributed by atoms with Gasteiger partial charge in [-0.15, -0.1) is 0 Å². The molecule has 1 aliphatic heterocycles. The molecule has 0 bridgehead atoms. The second-order valence-electron chi connectivity index (χ2n) is 5.24. The van der Waals surface area contributed by atoms with E-state index in [4.69, 9.17) is 5.11 Å². The van der Waals surface area contributed by atoms with Gasteiger partial charge in [-0.3, -0.25) is 0 Å². The van der Waals surface area contributed by atoms with E-state index in [-0.39, 0.29) is 6.61 Å². The molecule has 1 fully saturated rings. The van der Waals surface area contributed by atoms with E-state index in [1.165, 1.54) is 18.5 Å². The maximum atomic E-state index is 9.61. The molecule has 0 radical (unpaired) electrons. The molecular weight excluding hydrogens is 306 g/mol. The number of benzene rings is 1. The second kappa shape index (κ2) is 6.73. The Balaban J connectivity index is 2.16. The molecule has 19 heavy (non-hydrogen) atoms. The molecule has 0 saturated carbocycles. The van der Waals surface area contributed by atoms with Crippen molar-refractivity contribution in [1.82, 2.24) is 0 Å². The number of hydrogen-bond acceptors (Lipinski definition) is 3. The fraction of sp³-hybridized carbons (Fsp3) is 0.600. The Kier molecular flexibility index (Phi) is 5.25. The molecule has 3 nitrogen and oxygen atoms in total. The molecule has 1 aromatic rings. The Bertz CT molecular complexity index is 423. The molecule has 0 amide bonds. The van der Waals surface area contributed by atoms with E-state index < -0.39 is 6.10 Å².